The Hall–Kier alpha value is -2.40. The third-order valence-electron chi connectivity index (χ3n) is 4.73. The van der Waals surface area contributed by atoms with Crippen LogP contribution in [0.3, 0.4) is 0 Å². The molecule has 146 valence electrons. The number of hydrogen-bond acceptors (Lipinski definition) is 2. The molecule has 1 atom stereocenters. The molecule has 1 heterocycles. The van der Waals surface area contributed by atoms with E-state index in [0.717, 1.165) is 27.8 Å². The molecule has 1 amide bonds. The molecule has 1 aromatic heterocycles. The second-order valence-electron chi connectivity index (χ2n) is 7.91. The van der Waals surface area contributed by atoms with Crippen LogP contribution in [-0.4, -0.2) is 15.7 Å². The van der Waals surface area contributed by atoms with Gasteiger partial charge in [-0.2, -0.15) is 5.10 Å². The molecule has 1 N–H and O–H groups in total. The molecule has 0 fully saturated rings. The molecule has 0 saturated heterocycles. The summed E-state index contributed by atoms with van der Waals surface area (Å²) in [7, 11) is 0. The lowest BCUT2D eigenvalue weighted by Crippen LogP contribution is -2.22. The third kappa shape index (κ3) is 4.53. The molecule has 1 unspecified atom stereocenters. The fourth-order valence-corrected chi connectivity index (χ4v) is 3.35. The van der Waals surface area contributed by atoms with E-state index in [9.17, 15) is 4.79 Å². The fourth-order valence-electron chi connectivity index (χ4n) is 3.09. The van der Waals surface area contributed by atoms with E-state index in [0.29, 0.717) is 5.82 Å². The minimum atomic E-state index is -0.201. The summed E-state index contributed by atoms with van der Waals surface area (Å²) in [5.41, 5.74) is 2.73. The van der Waals surface area contributed by atoms with E-state index in [1.54, 1.807) is 0 Å². The van der Waals surface area contributed by atoms with Crippen LogP contribution in [0.25, 0.3) is 5.69 Å². The number of carbonyl (C=O) groups excluding carboxylic acids is 1. The summed E-state index contributed by atoms with van der Waals surface area (Å²) < 4.78 is 2.81. The molecule has 3 aromatic rings. The number of carbonyl (C=O) groups is 1. The fraction of sp³-hybridized carbons (Fsp3) is 0.304. The first-order valence-electron chi connectivity index (χ1n) is 9.52. The van der Waals surface area contributed by atoms with Crippen LogP contribution in [0.1, 0.15) is 51.3 Å². The SMILES string of the molecule is CCC(C(=O)Nc1cc(C(C)(C)C)nn1-c1ccc(Br)cc1)c1ccccc1. The van der Waals surface area contributed by atoms with Crippen molar-refractivity contribution < 1.29 is 4.79 Å². The maximum Gasteiger partial charge on any atom is 0.233 e. The molecule has 5 heteroatoms. The standard InChI is InChI=1S/C23H26BrN3O/c1-5-19(16-9-7-6-8-10-16)22(28)25-21-15-20(23(2,3)4)26-27(21)18-13-11-17(24)12-14-18/h6-15,19H,5H2,1-4H3,(H,25,28). The highest BCUT2D eigenvalue weighted by atomic mass is 79.9. The Morgan fingerprint density at radius 3 is 2.32 bits per heavy atom. The number of hydrogen-bond donors (Lipinski definition) is 1. The average Bonchev–Trinajstić information content (AvgIpc) is 3.08. The van der Waals surface area contributed by atoms with E-state index >= 15 is 0 Å². The maximum atomic E-state index is 13.1. The molecular weight excluding hydrogens is 414 g/mol. The van der Waals surface area contributed by atoms with E-state index in [1.807, 2.05) is 72.3 Å². The van der Waals surface area contributed by atoms with Gasteiger partial charge in [-0.25, -0.2) is 4.68 Å². The summed E-state index contributed by atoms with van der Waals surface area (Å²) in [5, 5.41) is 7.89. The van der Waals surface area contributed by atoms with Crippen molar-refractivity contribution in [1.29, 1.82) is 0 Å². The van der Waals surface area contributed by atoms with E-state index < -0.39 is 0 Å². The summed E-state index contributed by atoms with van der Waals surface area (Å²) in [6.45, 7) is 8.38. The molecule has 0 aliphatic heterocycles. The predicted molar refractivity (Wildman–Crippen MR) is 118 cm³/mol. The van der Waals surface area contributed by atoms with Gasteiger partial charge in [0.25, 0.3) is 0 Å². The Morgan fingerprint density at radius 2 is 1.75 bits per heavy atom. The van der Waals surface area contributed by atoms with Gasteiger partial charge in [0.05, 0.1) is 17.3 Å². The third-order valence-corrected chi connectivity index (χ3v) is 5.26. The van der Waals surface area contributed by atoms with Crippen molar-refractivity contribution in [3.8, 4) is 5.69 Å². The highest BCUT2D eigenvalue weighted by Crippen LogP contribution is 2.28. The molecule has 28 heavy (non-hydrogen) atoms. The van der Waals surface area contributed by atoms with Crippen LogP contribution in [0, 0.1) is 0 Å². The Balaban J connectivity index is 1.97. The van der Waals surface area contributed by atoms with Gasteiger partial charge in [-0.05, 0) is 36.2 Å². The Kier molecular flexibility index (Phi) is 6.04. The van der Waals surface area contributed by atoms with E-state index in [1.165, 1.54) is 0 Å². The predicted octanol–water partition coefficient (Wildman–Crippen LogP) is 6.06. The lowest BCUT2D eigenvalue weighted by molar-refractivity contribution is -0.117. The van der Waals surface area contributed by atoms with Gasteiger partial charge in [0.1, 0.15) is 5.82 Å². The summed E-state index contributed by atoms with van der Waals surface area (Å²) in [6, 6.07) is 19.8. The molecule has 0 aliphatic carbocycles. The number of nitrogens with one attached hydrogen (secondary N) is 1. The van der Waals surface area contributed by atoms with Crippen molar-refractivity contribution in [2.75, 3.05) is 5.32 Å². The van der Waals surface area contributed by atoms with Crippen LogP contribution < -0.4 is 5.32 Å². The zero-order valence-electron chi connectivity index (χ0n) is 16.7. The van der Waals surface area contributed by atoms with Crippen LogP contribution in [0.2, 0.25) is 0 Å². The molecule has 0 radical (unpaired) electrons. The maximum absolute atomic E-state index is 13.1. The van der Waals surface area contributed by atoms with Gasteiger partial charge >= 0.3 is 0 Å². The normalized spacial score (nSPS) is 12.6. The van der Waals surface area contributed by atoms with Gasteiger partial charge in [0.2, 0.25) is 5.91 Å². The van der Waals surface area contributed by atoms with Gasteiger partial charge in [-0.3, -0.25) is 4.79 Å². The summed E-state index contributed by atoms with van der Waals surface area (Å²) in [5.74, 6) is 0.464. The van der Waals surface area contributed by atoms with Gasteiger partial charge < -0.3 is 5.32 Å². The molecule has 0 saturated carbocycles. The summed E-state index contributed by atoms with van der Waals surface area (Å²) >= 11 is 3.47. The second kappa shape index (κ2) is 8.31. The molecule has 3 rings (SSSR count). The van der Waals surface area contributed by atoms with Crippen molar-refractivity contribution in [1.82, 2.24) is 9.78 Å². The number of anilines is 1. The number of amides is 1. The monoisotopic (exact) mass is 439 g/mol. The number of halogens is 1. The number of aromatic nitrogens is 2. The average molecular weight is 440 g/mol. The lowest BCUT2D eigenvalue weighted by Gasteiger charge is -2.16. The van der Waals surface area contributed by atoms with Crippen LogP contribution in [0.5, 0.6) is 0 Å². The minimum Gasteiger partial charge on any atom is -0.310 e. The number of benzene rings is 2. The topological polar surface area (TPSA) is 46.9 Å². The first kappa shape index (κ1) is 20.3. The number of rotatable bonds is 5. The van der Waals surface area contributed by atoms with Crippen molar-refractivity contribution in [2.24, 2.45) is 0 Å². The molecule has 0 aliphatic rings. The van der Waals surface area contributed by atoms with Crippen LogP contribution in [-0.2, 0) is 10.2 Å². The second-order valence-corrected chi connectivity index (χ2v) is 8.83. The van der Waals surface area contributed by atoms with Crippen molar-refractivity contribution >= 4 is 27.7 Å². The number of nitrogens with zero attached hydrogens (tertiary/aromatic N) is 2. The zero-order valence-corrected chi connectivity index (χ0v) is 18.3. The van der Waals surface area contributed by atoms with Gasteiger partial charge in [0.15, 0.2) is 0 Å². The first-order valence-corrected chi connectivity index (χ1v) is 10.3. The lowest BCUT2D eigenvalue weighted by atomic mass is 9.92. The van der Waals surface area contributed by atoms with Gasteiger partial charge in [-0.1, -0.05) is 74.0 Å². The highest BCUT2D eigenvalue weighted by molar-refractivity contribution is 9.10. The largest absolute Gasteiger partial charge is 0.310 e. The van der Waals surface area contributed by atoms with Crippen LogP contribution >= 0.6 is 15.9 Å². The Morgan fingerprint density at radius 1 is 1.11 bits per heavy atom. The molecule has 4 nitrogen and oxygen atoms in total. The van der Waals surface area contributed by atoms with Crippen molar-refractivity contribution in [3.63, 3.8) is 0 Å². The van der Waals surface area contributed by atoms with E-state index in [-0.39, 0.29) is 17.2 Å². The molecule has 2 aromatic carbocycles. The van der Waals surface area contributed by atoms with Gasteiger partial charge in [-0.15, -0.1) is 0 Å². The van der Waals surface area contributed by atoms with E-state index in [2.05, 4.69) is 42.0 Å². The van der Waals surface area contributed by atoms with Crippen molar-refractivity contribution in [3.05, 3.63) is 76.4 Å². The Bertz CT molecular complexity index is 940. The minimum absolute atomic E-state index is 0.0209. The quantitative estimate of drug-likeness (QED) is 0.524. The zero-order chi connectivity index (χ0) is 20.3. The molecule has 0 spiro atoms. The van der Waals surface area contributed by atoms with Gasteiger partial charge in [0, 0.05) is 16.0 Å². The van der Waals surface area contributed by atoms with Crippen LogP contribution in [0.4, 0.5) is 5.82 Å². The highest BCUT2D eigenvalue weighted by Gasteiger charge is 2.24. The molecule has 0 bridgehead atoms. The summed E-state index contributed by atoms with van der Waals surface area (Å²) in [6.07, 6.45) is 0.731. The smallest absolute Gasteiger partial charge is 0.233 e. The first-order chi connectivity index (χ1) is 13.3. The Labute approximate surface area is 175 Å². The summed E-state index contributed by atoms with van der Waals surface area (Å²) in [4.78, 5) is 13.1. The van der Waals surface area contributed by atoms with Crippen LogP contribution in [0.15, 0.2) is 65.1 Å². The molecular formula is C23H26BrN3O. The van der Waals surface area contributed by atoms with Crippen molar-refractivity contribution in [2.45, 2.75) is 45.4 Å². The van der Waals surface area contributed by atoms with E-state index in [4.69, 9.17) is 5.10 Å².